The molecule has 30 heavy (non-hydrogen) atoms. The third kappa shape index (κ3) is 3.04. The van der Waals surface area contributed by atoms with Crippen LogP contribution in [0.1, 0.15) is 34.4 Å². The third-order valence-corrected chi connectivity index (χ3v) is 6.24. The average molecular weight is 428 g/mol. The molecule has 5 rings (SSSR count). The zero-order valence-electron chi connectivity index (χ0n) is 16.6. The molecule has 8 heteroatoms. The lowest BCUT2D eigenvalue weighted by atomic mass is 10.2. The van der Waals surface area contributed by atoms with Gasteiger partial charge in [0.2, 0.25) is 0 Å². The molecule has 0 aliphatic carbocycles. The fourth-order valence-corrected chi connectivity index (χ4v) is 4.45. The van der Waals surface area contributed by atoms with E-state index in [-0.39, 0.29) is 17.9 Å². The van der Waals surface area contributed by atoms with E-state index in [2.05, 4.69) is 6.92 Å². The van der Waals surface area contributed by atoms with Crippen molar-refractivity contribution < 1.29 is 18.7 Å². The molecular formula is C22H22ClN3O4. The first-order chi connectivity index (χ1) is 14.6. The maximum Gasteiger partial charge on any atom is 0.289 e. The first-order valence-electron chi connectivity index (χ1n) is 10.2. The Bertz CT molecular complexity index is 1110. The summed E-state index contributed by atoms with van der Waals surface area (Å²) in [5, 5.41) is 1.44. The van der Waals surface area contributed by atoms with E-state index in [4.69, 9.17) is 20.8 Å². The number of benzene rings is 1. The summed E-state index contributed by atoms with van der Waals surface area (Å²) >= 11 is 6.41. The number of nitrogens with zero attached hydrogens (tertiary/aromatic N) is 3. The molecule has 2 amide bonds. The second kappa shape index (κ2) is 7.40. The number of hydrogen-bond donors (Lipinski definition) is 0. The van der Waals surface area contributed by atoms with Gasteiger partial charge >= 0.3 is 0 Å². The summed E-state index contributed by atoms with van der Waals surface area (Å²) < 4.78 is 13.3. The summed E-state index contributed by atoms with van der Waals surface area (Å²) in [6.07, 6.45) is 2.36. The lowest BCUT2D eigenvalue weighted by molar-refractivity contribution is 0.0510. The van der Waals surface area contributed by atoms with Crippen LogP contribution in [0.5, 0.6) is 5.75 Å². The molecule has 1 saturated heterocycles. The normalized spacial score (nSPS) is 18.5. The van der Waals surface area contributed by atoms with Crippen molar-refractivity contribution in [2.24, 2.45) is 0 Å². The number of carbonyl (C=O) groups excluding carboxylic acids is 2. The van der Waals surface area contributed by atoms with E-state index in [1.54, 1.807) is 21.9 Å². The van der Waals surface area contributed by atoms with Crippen LogP contribution in [-0.2, 0) is 6.54 Å². The smallest absolute Gasteiger partial charge is 0.289 e. The van der Waals surface area contributed by atoms with E-state index in [1.807, 2.05) is 22.8 Å². The van der Waals surface area contributed by atoms with Crippen LogP contribution in [0.25, 0.3) is 10.9 Å². The van der Waals surface area contributed by atoms with Gasteiger partial charge in [0, 0.05) is 31.6 Å². The molecule has 2 aromatic heterocycles. The summed E-state index contributed by atoms with van der Waals surface area (Å²) in [4.78, 5) is 29.4. The average Bonchev–Trinajstić information content (AvgIpc) is 3.44. The van der Waals surface area contributed by atoms with E-state index >= 15 is 0 Å². The summed E-state index contributed by atoms with van der Waals surface area (Å²) in [6, 6.07) is 8.91. The van der Waals surface area contributed by atoms with Crippen molar-refractivity contribution in [3.63, 3.8) is 0 Å². The van der Waals surface area contributed by atoms with Gasteiger partial charge in [-0.25, -0.2) is 0 Å². The Morgan fingerprint density at radius 3 is 2.50 bits per heavy atom. The van der Waals surface area contributed by atoms with Crippen LogP contribution in [0.4, 0.5) is 0 Å². The van der Waals surface area contributed by atoms with E-state index in [0.29, 0.717) is 49.2 Å². The molecular weight excluding hydrogens is 406 g/mol. The van der Waals surface area contributed by atoms with Gasteiger partial charge in [-0.15, -0.1) is 0 Å². The molecule has 2 aliphatic rings. The van der Waals surface area contributed by atoms with Gasteiger partial charge in [-0.2, -0.15) is 0 Å². The summed E-state index contributed by atoms with van der Waals surface area (Å²) in [7, 11) is 0. The number of amides is 2. The second-order valence-electron chi connectivity index (χ2n) is 7.66. The molecule has 0 radical (unpaired) electrons. The van der Waals surface area contributed by atoms with Gasteiger partial charge < -0.3 is 23.5 Å². The number of furan rings is 1. The summed E-state index contributed by atoms with van der Waals surface area (Å²) in [5.74, 6) is 0.898. The molecule has 7 nitrogen and oxygen atoms in total. The van der Waals surface area contributed by atoms with Crippen molar-refractivity contribution in [2.45, 2.75) is 26.0 Å². The summed E-state index contributed by atoms with van der Waals surface area (Å²) in [6.45, 7) is 4.58. The minimum atomic E-state index is -0.144. The monoisotopic (exact) mass is 427 g/mol. The molecule has 2 aliphatic heterocycles. The Morgan fingerprint density at radius 2 is 1.83 bits per heavy atom. The van der Waals surface area contributed by atoms with Gasteiger partial charge in [-0.3, -0.25) is 9.59 Å². The van der Waals surface area contributed by atoms with E-state index in [9.17, 15) is 9.59 Å². The molecule has 4 heterocycles. The molecule has 0 unspecified atom stereocenters. The Kier molecular flexibility index (Phi) is 4.70. The SMILES string of the molecule is CC[C@H]1Cn2c(C(=O)N3CCN(C(=O)c4ccco4)CC3)cc3c(Cl)ccc(c32)O1. The van der Waals surface area contributed by atoms with Crippen LogP contribution in [0, 0.1) is 0 Å². The van der Waals surface area contributed by atoms with Crippen LogP contribution in [0.3, 0.4) is 0 Å². The first-order valence-corrected chi connectivity index (χ1v) is 10.5. The first kappa shape index (κ1) is 19.1. The standard InChI is InChI=1S/C22H22ClN3O4/c1-2-14-13-26-17(12-15-16(23)5-6-18(30-14)20(15)26)21(27)24-7-9-25(10-8-24)22(28)19-4-3-11-29-19/h3-6,11-12,14H,2,7-10,13H2,1H3/t14-/m0/s1. The molecule has 1 aromatic carbocycles. The Morgan fingerprint density at radius 1 is 1.10 bits per heavy atom. The molecule has 1 atom stereocenters. The summed E-state index contributed by atoms with van der Waals surface area (Å²) in [5.41, 5.74) is 1.49. The van der Waals surface area contributed by atoms with Crippen LogP contribution in [0.2, 0.25) is 5.02 Å². The molecule has 0 saturated carbocycles. The topological polar surface area (TPSA) is 67.9 Å². The number of piperazine rings is 1. The highest BCUT2D eigenvalue weighted by molar-refractivity contribution is 6.36. The predicted molar refractivity (Wildman–Crippen MR) is 112 cm³/mol. The minimum absolute atomic E-state index is 0.0172. The number of carbonyl (C=O) groups is 2. The molecule has 156 valence electrons. The van der Waals surface area contributed by atoms with Gasteiger partial charge in [-0.05, 0) is 36.8 Å². The quantitative estimate of drug-likeness (QED) is 0.639. The lowest BCUT2D eigenvalue weighted by Crippen LogP contribution is -2.51. The number of ether oxygens (including phenoxy) is 1. The van der Waals surface area contributed by atoms with E-state index in [0.717, 1.165) is 23.1 Å². The number of hydrogen-bond acceptors (Lipinski definition) is 4. The Balaban J connectivity index is 1.39. The fourth-order valence-electron chi connectivity index (χ4n) is 4.24. The van der Waals surface area contributed by atoms with Gasteiger partial charge in [0.05, 0.1) is 23.3 Å². The third-order valence-electron chi connectivity index (χ3n) is 5.91. The highest BCUT2D eigenvalue weighted by Crippen LogP contribution is 2.38. The van der Waals surface area contributed by atoms with Gasteiger partial charge in [0.15, 0.2) is 5.76 Å². The Hall–Kier alpha value is -2.93. The zero-order valence-corrected chi connectivity index (χ0v) is 17.4. The van der Waals surface area contributed by atoms with E-state index < -0.39 is 0 Å². The minimum Gasteiger partial charge on any atom is -0.486 e. The van der Waals surface area contributed by atoms with Crippen molar-refractivity contribution in [1.82, 2.24) is 14.4 Å². The predicted octanol–water partition coefficient (Wildman–Crippen LogP) is 3.66. The second-order valence-corrected chi connectivity index (χ2v) is 8.06. The number of halogens is 1. The van der Waals surface area contributed by atoms with Crippen LogP contribution in [0.15, 0.2) is 41.0 Å². The molecule has 0 N–H and O–H groups in total. The van der Waals surface area contributed by atoms with Crippen LogP contribution in [-0.4, -0.2) is 58.5 Å². The highest BCUT2D eigenvalue weighted by atomic mass is 35.5. The number of rotatable bonds is 3. The van der Waals surface area contributed by atoms with Crippen molar-refractivity contribution in [3.8, 4) is 5.75 Å². The molecule has 3 aromatic rings. The lowest BCUT2D eigenvalue weighted by Gasteiger charge is -2.35. The van der Waals surface area contributed by atoms with Crippen molar-refractivity contribution in [3.05, 3.63) is 53.1 Å². The molecule has 0 spiro atoms. The zero-order chi connectivity index (χ0) is 20.8. The van der Waals surface area contributed by atoms with Crippen LogP contribution < -0.4 is 4.74 Å². The van der Waals surface area contributed by atoms with E-state index in [1.165, 1.54) is 6.26 Å². The van der Waals surface area contributed by atoms with Gasteiger partial charge in [0.25, 0.3) is 11.8 Å². The van der Waals surface area contributed by atoms with Gasteiger partial charge in [0.1, 0.15) is 17.5 Å². The maximum absolute atomic E-state index is 13.4. The highest BCUT2D eigenvalue weighted by Gasteiger charge is 2.31. The van der Waals surface area contributed by atoms with Crippen LogP contribution >= 0.6 is 11.6 Å². The largest absolute Gasteiger partial charge is 0.486 e. The van der Waals surface area contributed by atoms with Crippen molar-refractivity contribution in [1.29, 1.82) is 0 Å². The van der Waals surface area contributed by atoms with Crippen molar-refractivity contribution in [2.75, 3.05) is 26.2 Å². The van der Waals surface area contributed by atoms with Crippen molar-refractivity contribution >= 4 is 34.3 Å². The Labute approximate surface area is 178 Å². The maximum atomic E-state index is 13.4. The molecule has 1 fully saturated rings. The number of aromatic nitrogens is 1. The fraction of sp³-hybridized carbons (Fsp3) is 0.364. The van der Waals surface area contributed by atoms with Gasteiger partial charge in [-0.1, -0.05) is 18.5 Å². The molecule has 0 bridgehead atoms.